The molecule has 0 aliphatic rings. The van der Waals surface area contributed by atoms with E-state index in [1.165, 1.54) is 0 Å². The predicted octanol–water partition coefficient (Wildman–Crippen LogP) is 0.750. The van der Waals surface area contributed by atoms with Crippen molar-refractivity contribution < 1.29 is 4.52 Å². The van der Waals surface area contributed by atoms with Gasteiger partial charge in [-0.25, -0.2) is 0 Å². The van der Waals surface area contributed by atoms with Crippen molar-refractivity contribution >= 4 is 12.7 Å². The van der Waals surface area contributed by atoms with Crippen LogP contribution >= 0.6 is 0 Å². The second-order valence-corrected chi connectivity index (χ2v) is 2.60. The average Bonchev–Trinajstić information content (AvgIpc) is 2.18. The van der Waals surface area contributed by atoms with Crippen molar-refractivity contribution in [2.45, 2.75) is 13.8 Å². The standard InChI is InChI=1S/C9H11NO/c1-6(2)5-9-7(3)8(4)10-11-9/h5H,1,3H2,2,4H3/b9-5+. The Morgan fingerprint density at radius 3 is 2.64 bits per heavy atom. The smallest absolute Gasteiger partial charge is 0.166 e. The highest BCUT2D eigenvalue weighted by atomic mass is 16.5. The molecular formula is C9H11NO. The summed E-state index contributed by atoms with van der Waals surface area (Å²) in [5, 5.41) is 4.60. The highest BCUT2D eigenvalue weighted by Gasteiger charge is 1.93. The Morgan fingerprint density at radius 1 is 1.64 bits per heavy atom. The summed E-state index contributed by atoms with van der Waals surface area (Å²) in [7, 11) is 0. The summed E-state index contributed by atoms with van der Waals surface area (Å²) >= 11 is 0. The van der Waals surface area contributed by atoms with Crippen LogP contribution in [-0.2, 0) is 0 Å². The quantitative estimate of drug-likeness (QED) is 0.589. The molecule has 0 bridgehead atoms. The molecule has 0 aromatic carbocycles. The number of aromatic nitrogens is 1. The molecule has 0 unspecified atom stereocenters. The zero-order chi connectivity index (χ0) is 8.43. The molecular weight excluding hydrogens is 138 g/mol. The molecule has 11 heavy (non-hydrogen) atoms. The van der Waals surface area contributed by atoms with Gasteiger partial charge in [-0.15, -0.1) is 0 Å². The molecule has 0 fully saturated rings. The first-order valence-corrected chi connectivity index (χ1v) is 3.39. The number of aryl methyl sites for hydroxylation is 1. The minimum atomic E-state index is 0.704. The van der Waals surface area contributed by atoms with E-state index in [1.54, 1.807) is 0 Å². The predicted molar refractivity (Wildman–Crippen MR) is 45.3 cm³/mol. The molecule has 2 heteroatoms. The Labute approximate surface area is 65.5 Å². The third-order valence-corrected chi connectivity index (χ3v) is 1.39. The number of nitrogens with zero attached hydrogens (tertiary/aromatic N) is 1. The zero-order valence-corrected chi connectivity index (χ0v) is 6.85. The van der Waals surface area contributed by atoms with Gasteiger partial charge in [0.05, 0.1) is 5.69 Å². The molecule has 0 radical (unpaired) electrons. The molecule has 58 valence electrons. The largest absolute Gasteiger partial charge is 0.356 e. The van der Waals surface area contributed by atoms with Crippen LogP contribution in [0.25, 0.3) is 12.7 Å². The van der Waals surface area contributed by atoms with E-state index in [0.29, 0.717) is 5.42 Å². The molecule has 0 saturated heterocycles. The van der Waals surface area contributed by atoms with Crippen LogP contribution in [0.2, 0.25) is 0 Å². The summed E-state index contributed by atoms with van der Waals surface area (Å²) in [5.74, 6) is 0. The normalized spacial score (nSPS) is 12.0. The summed E-state index contributed by atoms with van der Waals surface area (Å²) in [6.07, 6.45) is 1.82. The van der Waals surface area contributed by atoms with Crippen molar-refractivity contribution in [3.63, 3.8) is 0 Å². The first-order valence-electron chi connectivity index (χ1n) is 3.39. The summed E-state index contributed by atoms with van der Waals surface area (Å²) < 4.78 is 4.98. The van der Waals surface area contributed by atoms with E-state index in [9.17, 15) is 0 Å². The fraction of sp³-hybridized carbons (Fsp3) is 0.222. The van der Waals surface area contributed by atoms with Gasteiger partial charge in [0.2, 0.25) is 0 Å². The van der Waals surface area contributed by atoms with Crippen LogP contribution < -0.4 is 10.6 Å². The molecule has 1 aromatic heterocycles. The van der Waals surface area contributed by atoms with E-state index < -0.39 is 0 Å². The van der Waals surface area contributed by atoms with E-state index in [0.717, 1.165) is 16.5 Å². The molecule has 0 aliphatic carbocycles. The SMILES string of the molecule is C=C(C)/C=c1/onc(C)c1=C. The van der Waals surface area contributed by atoms with Crippen LogP contribution in [0.15, 0.2) is 16.7 Å². The molecule has 1 heterocycles. The second-order valence-electron chi connectivity index (χ2n) is 2.60. The Hall–Kier alpha value is -1.31. The Balaban J connectivity index is 3.37. The molecule has 0 aliphatic heterocycles. The van der Waals surface area contributed by atoms with Gasteiger partial charge in [-0.05, 0) is 19.9 Å². The molecule has 0 atom stereocenters. The maximum absolute atomic E-state index is 4.98. The third-order valence-electron chi connectivity index (χ3n) is 1.39. The van der Waals surface area contributed by atoms with Crippen LogP contribution in [0.5, 0.6) is 0 Å². The van der Waals surface area contributed by atoms with Gasteiger partial charge in [0.1, 0.15) is 0 Å². The zero-order valence-electron chi connectivity index (χ0n) is 6.85. The Morgan fingerprint density at radius 2 is 2.27 bits per heavy atom. The van der Waals surface area contributed by atoms with Crippen LogP contribution in [0.4, 0.5) is 0 Å². The maximum Gasteiger partial charge on any atom is 0.166 e. The Bertz CT molecular complexity index is 373. The summed E-state index contributed by atoms with van der Waals surface area (Å²) in [4.78, 5) is 0. The summed E-state index contributed by atoms with van der Waals surface area (Å²) in [6, 6.07) is 0. The first-order chi connectivity index (χ1) is 5.11. The van der Waals surface area contributed by atoms with Crippen molar-refractivity contribution in [2.75, 3.05) is 0 Å². The van der Waals surface area contributed by atoms with Gasteiger partial charge in [0.15, 0.2) is 5.42 Å². The fourth-order valence-electron chi connectivity index (χ4n) is 0.743. The number of hydrogen-bond acceptors (Lipinski definition) is 2. The van der Waals surface area contributed by atoms with Gasteiger partial charge in [-0.1, -0.05) is 23.9 Å². The number of allylic oxidation sites excluding steroid dienone is 1. The highest BCUT2D eigenvalue weighted by Crippen LogP contribution is 1.85. The van der Waals surface area contributed by atoms with Gasteiger partial charge < -0.3 is 4.52 Å². The number of rotatable bonds is 1. The lowest BCUT2D eigenvalue weighted by molar-refractivity contribution is 0.390. The fourth-order valence-corrected chi connectivity index (χ4v) is 0.743. The van der Waals surface area contributed by atoms with Crippen molar-refractivity contribution in [1.29, 1.82) is 0 Å². The van der Waals surface area contributed by atoms with E-state index in [-0.39, 0.29) is 0 Å². The number of hydrogen-bond donors (Lipinski definition) is 0. The van der Waals surface area contributed by atoms with Crippen molar-refractivity contribution in [1.82, 2.24) is 5.16 Å². The third kappa shape index (κ3) is 1.58. The lowest BCUT2D eigenvalue weighted by atomic mass is 10.3. The molecule has 1 rings (SSSR count). The lowest BCUT2D eigenvalue weighted by Crippen LogP contribution is -2.19. The molecule has 0 spiro atoms. The first kappa shape index (κ1) is 7.79. The molecule has 0 amide bonds. The van der Waals surface area contributed by atoms with Crippen LogP contribution in [-0.4, -0.2) is 5.16 Å². The van der Waals surface area contributed by atoms with E-state index in [4.69, 9.17) is 4.52 Å². The monoisotopic (exact) mass is 149 g/mol. The lowest BCUT2D eigenvalue weighted by Gasteiger charge is -1.78. The van der Waals surface area contributed by atoms with Crippen molar-refractivity contribution in [2.24, 2.45) is 0 Å². The second kappa shape index (κ2) is 2.74. The van der Waals surface area contributed by atoms with E-state index in [1.807, 2.05) is 19.9 Å². The minimum absolute atomic E-state index is 0.704. The van der Waals surface area contributed by atoms with Crippen molar-refractivity contribution in [3.8, 4) is 0 Å². The van der Waals surface area contributed by atoms with Gasteiger partial charge in [0, 0.05) is 5.22 Å². The summed E-state index contributed by atoms with van der Waals surface area (Å²) in [5.41, 5.74) is 2.47. The van der Waals surface area contributed by atoms with Gasteiger partial charge in [0.25, 0.3) is 0 Å². The van der Waals surface area contributed by atoms with Crippen LogP contribution in [0.3, 0.4) is 0 Å². The van der Waals surface area contributed by atoms with E-state index in [2.05, 4.69) is 18.3 Å². The van der Waals surface area contributed by atoms with Gasteiger partial charge in [-0.2, -0.15) is 0 Å². The molecule has 0 N–H and O–H groups in total. The summed E-state index contributed by atoms with van der Waals surface area (Å²) in [6.45, 7) is 11.3. The van der Waals surface area contributed by atoms with Crippen molar-refractivity contribution in [3.05, 3.63) is 28.5 Å². The van der Waals surface area contributed by atoms with Gasteiger partial charge in [-0.3, -0.25) is 0 Å². The minimum Gasteiger partial charge on any atom is -0.356 e. The molecule has 0 saturated carbocycles. The topological polar surface area (TPSA) is 26.0 Å². The molecule has 2 nitrogen and oxygen atoms in total. The van der Waals surface area contributed by atoms with E-state index >= 15 is 0 Å². The van der Waals surface area contributed by atoms with Crippen LogP contribution in [0, 0.1) is 6.92 Å². The highest BCUT2D eigenvalue weighted by molar-refractivity contribution is 5.41. The maximum atomic E-state index is 4.98. The van der Waals surface area contributed by atoms with Gasteiger partial charge >= 0.3 is 0 Å². The average molecular weight is 149 g/mol. The Kier molecular flexibility index (Phi) is 1.94. The molecule has 1 aromatic rings. The van der Waals surface area contributed by atoms with Crippen LogP contribution in [0.1, 0.15) is 12.6 Å².